The summed E-state index contributed by atoms with van der Waals surface area (Å²) in [5.41, 5.74) is 1.90. The van der Waals surface area contributed by atoms with Crippen molar-refractivity contribution in [2.45, 2.75) is 45.4 Å². The first kappa shape index (κ1) is 29.8. The molecule has 216 valence electrons. The van der Waals surface area contributed by atoms with Crippen LogP contribution in [0.4, 0.5) is 13.6 Å². The van der Waals surface area contributed by atoms with Crippen molar-refractivity contribution in [2.75, 3.05) is 40.4 Å². The van der Waals surface area contributed by atoms with Gasteiger partial charge in [-0.25, -0.2) is 18.4 Å². The van der Waals surface area contributed by atoms with Gasteiger partial charge in [-0.15, -0.1) is 0 Å². The number of ether oxygens (including phenoxy) is 3. The molecule has 0 saturated carbocycles. The average Bonchev–Trinajstić information content (AvgIpc) is 3.35. The van der Waals surface area contributed by atoms with Crippen LogP contribution in [0.5, 0.6) is 5.75 Å². The Kier molecular flexibility index (Phi) is 9.02. The lowest BCUT2D eigenvalue weighted by atomic mass is 9.99. The molecule has 11 heteroatoms. The quantitative estimate of drug-likeness (QED) is 0.319. The van der Waals surface area contributed by atoms with Gasteiger partial charge in [0.2, 0.25) is 0 Å². The average molecular weight is 578 g/mol. The smallest absolute Gasteiger partial charge is 0.419 e. The number of piperazine rings is 1. The summed E-state index contributed by atoms with van der Waals surface area (Å²) in [7, 11) is 2.87. The summed E-state index contributed by atoms with van der Waals surface area (Å²) < 4.78 is 44.0. The summed E-state index contributed by atoms with van der Waals surface area (Å²) in [5, 5.41) is 1.06. The van der Waals surface area contributed by atoms with Gasteiger partial charge in [0, 0.05) is 55.4 Å². The molecule has 3 aromatic rings. The summed E-state index contributed by atoms with van der Waals surface area (Å²) in [6.45, 7) is 6.79. The zero-order chi connectivity index (χ0) is 29.2. The fraction of sp³-hybridized carbons (Fsp3) is 0.448. The fourth-order valence-electron chi connectivity index (χ4n) is 5.04. The molecule has 40 heavy (non-hydrogen) atoms. The number of methoxy groups -OCH3 is 2. The van der Waals surface area contributed by atoms with Gasteiger partial charge in [-0.05, 0) is 44.5 Å². The number of aromatic nitrogens is 1. The fourth-order valence-corrected chi connectivity index (χ4v) is 5.33. The molecule has 0 bridgehead atoms. The van der Waals surface area contributed by atoms with E-state index in [-0.39, 0.29) is 12.6 Å². The molecule has 8 nitrogen and oxygen atoms in total. The van der Waals surface area contributed by atoms with Gasteiger partial charge in [-0.1, -0.05) is 23.7 Å². The number of fused-ring (bicyclic) bond motifs is 1. The number of carbonyl (C=O) groups is 2. The van der Waals surface area contributed by atoms with E-state index in [0.717, 1.165) is 16.5 Å². The van der Waals surface area contributed by atoms with Crippen LogP contribution in [0.15, 0.2) is 42.6 Å². The standard InChI is InChI=1S/C29H34ClF2N3O5/c1-29(2,3)40-28(37)35-11-10-20-21(24(38-4)14-22(30)26(20)35)15-34-13-12-33(17-25(31)32)16-23(34)18-6-8-19(9-7-18)27(36)39-5/h6-11,14,23,25H,12-13,15-17H2,1-5H3. The van der Waals surface area contributed by atoms with Crippen LogP contribution in [0.2, 0.25) is 5.02 Å². The number of hydrogen-bond acceptors (Lipinski definition) is 7. The molecule has 1 aromatic heterocycles. The van der Waals surface area contributed by atoms with E-state index in [1.165, 1.54) is 11.7 Å². The highest BCUT2D eigenvalue weighted by Crippen LogP contribution is 2.38. The summed E-state index contributed by atoms with van der Waals surface area (Å²) in [5.74, 6) is 0.100. The minimum absolute atomic E-state index is 0.248. The first-order valence-corrected chi connectivity index (χ1v) is 13.3. The lowest BCUT2D eigenvalue weighted by molar-refractivity contribution is 0.0245. The number of benzene rings is 2. The Balaban J connectivity index is 1.72. The van der Waals surface area contributed by atoms with Crippen LogP contribution in [-0.2, 0) is 16.0 Å². The van der Waals surface area contributed by atoms with Crippen LogP contribution in [-0.4, -0.2) is 78.9 Å². The lowest BCUT2D eigenvalue weighted by Crippen LogP contribution is -2.49. The number of carbonyl (C=O) groups excluding carboxylic acids is 2. The van der Waals surface area contributed by atoms with Crippen molar-refractivity contribution in [1.82, 2.24) is 14.4 Å². The van der Waals surface area contributed by atoms with Gasteiger partial charge in [0.1, 0.15) is 11.4 Å². The van der Waals surface area contributed by atoms with Gasteiger partial charge in [-0.2, -0.15) is 0 Å². The zero-order valence-electron chi connectivity index (χ0n) is 23.2. The van der Waals surface area contributed by atoms with Crippen LogP contribution in [0.1, 0.15) is 48.3 Å². The van der Waals surface area contributed by atoms with E-state index >= 15 is 0 Å². The second-order valence-corrected chi connectivity index (χ2v) is 11.1. The molecule has 1 unspecified atom stereocenters. The van der Waals surface area contributed by atoms with Gasteiger partial charge in [0.25, 0.3) is 6.43 Å². The Hall–Kier alpha value is -3.21. The van der Waals surface area contributed by atoms with Crippen molar-refractivity contribution in [3.05, 3.63) is 64.3 Å². The summed E-state index contributed by atoms with van der Waals surface area (Å²) in [6, 6.07) is 10.2. The Bertz CT molecular complexity index is 1370. The van der Waals surface area contributed by atoms with Crippen molar-refractivity contribution in [3.63, 3.8) is 0 Å². The Morgan fingerprint density at radius 1 is 1.10 bits per heavy atom. The topological polar surface area (TPSA) is 73.2 Å². The predicted molar refractivity (Wildman–Crippen MR) is 149 cm³/mol. The number of esters is 1. The third-order valence-electron chi connectivity index (χ3n) is 6.85. The van der Waals surface area contributed by atoms with Gasteiger partial charge < -0.3 is 14.2 Å². The van der Waals surface area contributed by atoms with Crippen molar-refractivity contribution in [1.29, 1.82) is 0 Å². The third-order valence-corrected chi connectivity index (χ3v) is 7.14. The van der Waals surface area contributed by atoms with Crippen molar-refractivity contribution < 1.29 is 32.6 Å². The van der Waals surface area contributed by atoms with E-state index < -0.39 is 24.1 Å². The molecule has 1 atom stereocenters. The van der Waals surface area contributed by atoms with Crippen LogP contribution in [0.25, 0.3) is 10.9 Å². The highest BCUT2D eigenvalue weighted by Gasteiger charge is 2.31. The molecule has 0 spiro atoms. The number of halogens is 3. The number of alkyl halides is 2. The first-order valence-electron chi connectivity index (χ1n) is 12.9. The molecule has 0 amide bonds. The minimum Gasteiger partial charge on any atom is -0.496 e. The second-order valence-electron chi connectivity index (χ2n) is 10.7. The Morgan fingerprint density at radius 2 is 1.80 bits per heavy atom. The highest BCUT2D eigenvalue weighted by atomic mass is 35.5. The van der Waals surface area contributed by atoms with E-state index in [1.807, 2.05) is 12.1 Å². The first-order chi connectivity index (χ1) is 18.9. The van der Waals surface area contributed by atoms with Gasteiger partial charge in [0.15, 0.2) is 0 Å². The number of hydrogen-bond donors (Lipinski definition) is 0. The number of rotatable bonds is 7. The molecular formula is C29H34ClF2N3O5. The Labute approximate surface area is 237 Å². The van der Waals surface area contributed by atoms with E-state index in [9.17, 15) is 18.4 Å². The Morgan fingerprint density at radius 3 is 2.40 bits per heavy atom. The SMILES string of the molecule is COC(=O)c1ccc(C2CN(CC(F)F)CCN2Cc2c(OC)cc(Cl)c3c2ccn3C(=O)OC(C)(C)C)cc1. The molecule has 1 aliphatic heterocycles. The van der Waals surface area contributed by atoms with E-state index in [0.29, 0.717) is 48.0 Å². The molecule has 4 rings (SSSR count). The maximum Gasteiger partial charge on any atom is 0.419 e. The van der Waals surface area contributed by atoms with Crippen molar-refractivity contribution in [3.8, 4) is 5.75 Å². The molecule has 2 aromatic carbocycles. The zero-order valence-corrected chi connectivity index (χ0v) is 24.0. The van der Waals surface area contributed by atoms with Crippen molar-refractivity contribution in [2.24, 2.45) is 0 Å². The molecule has 1 saturated heterocycles. The predicted octanol–water partition coefficient (Wildman–Crippen LogP) is 6.00. The molecule has 2 heterocycles. The van der Waals surface area contributed by atoms with Crippen LogP contribution >= 0.6 is 11.6 Å². The normalized spacial score (nSPS) is 16.9. The van der Waals surface area contributed by atoms with Crippen molar-refractivity contribution >= 4 is 34.6 Å². The molecule has 0 radical (unpaired) electrons. The minimum atomic E-state index is -2.45. The monoisotopic (exact) mass is 577 g/mol. The molecule has 1 aliphatic rings. The second kappa shape index (κ2) is 12.1. The maximum atomic E-state index is 13.3. The van der Waals surface area contributed by atoms with Crippen LogP contribution in [0, 0.1) is 0 Å². The summed E-state index contributed by atoms with van der Waals surface area (Å²) in [4.78, 5) is 28.8. The van der Waals surface area contributed by atoms with E-state index in [1.54, 1.807) is 63.2 Å². The largest absolute Gasteiger partial charge is 0.496 e. The van der Waals surface area contributed by atoms with E-state index in [4.69, 9.17) is 25.8 Å². The van der Waals surface area contributed by atoms with Gasteiger partial charge in [0.05, 0.1) is 36.9 Å². The maximum absolute atomic E-state index is 13.3. The third kappa shape index (κ3) is 6.56. The van der Waals surface area contributed by atoms with Crippen LogP contribution < -0.4 is 4.74 Å². The highest BCUT2D eigenvalue weighted by molar-refractivity contribution is 6.35. The summed E-state index contributed by atoms with van der Waals surface area (Å²) >= 11 is 6.62. The van der Waals surface area contributed by atoms with Gasteiger partial charge >= 0.3 is 12.1 Å². The molecular weight excluding hydrogens is 544 g/mol. The molecule has 1 fully saturated rings. The van der Waals surface area contributed by atoms with Gasteiger partial charge in [-0.3, -0.25) is 14.4 Å². The lowest BCUT2D eigenvalue weighted by Gasteiger charge is -2.42. The van der Waals surface area contributed by atoms with E-state index in [2.05, 4.69) is 4.90 Å². The number of nitrogens with zero attached hydrogens (tertiary/aromatic N) is 3. The van der Waals surface area contributed by atoms with Crippen LogP contribution in [0.3, 0.4) is 0 Å². The summed E-state index contributed by atoms with van der Waals surface area (Å²) in [6.07, 6.45) is -1.38. The molecule has 0 aliphatic carbocycles. The molecule has 0 N–H and O–H groups in total.